The summed E-state index contributed by atoms with van der Waals surface area (Å²) in [7, 11) is -4.56. The molecular formula is C11H17F2NO3S. The quantitative estimate of drug-likeness (QED) is 0.792. The number of hydrogen-bond donors (Lipinski definition) is 0. The zero-order valence-electron chi connectivity index (χ0n) is 10.0. The molecule has 2 unspecified atom stereocenters. The minimum Gasteiger partial charge on any atom is -0.299 e. The molecule has 1 saturated carbocycles. The van der Waals surface area contributed by atoms with Gasteiger partial charge in [0.25, 0.3) is 10.0 Å². The summed E-state index contributed by atoms with van der Waals surface area (Å²) in [5.74, 6) is -3.75. The minimum atomic E-state index is -4.56. The molecule has 18 heavy (non-hydrogen) atoms. The van der Waals surface area contributed by atoms with Crippen LogP contribution in [0.15, 0.2) is 0 Å². The van der Waals surface area contributed by atoms with Crippen molar-refractivity contribution in [2.24, 2.45) is 5.92 Å². The van der Waals surface area contributed by atoms with Gasteiger partial charge in [0.1, 0.15) is 5.78 Å². The van der Waals surface area contributed by atoms with Crippen LogP contribution < -0.4 is 0 Å². The number of nitrogens with zero attached hydrogens (tertiary/aromatic N) is 1. The average Bonchev–Trinajstić information content (AvgIpc) is 2.75. The highest BCUT2D eigenvalue weighted by molar-refractivity contribution is 7.89. The Labute approximate surface area is 105 Å². The topological polar surface area (TPSA) is 54.5 Å². The summed E-state index contributed by atoms with van der Waals surface area (Å²) < 4.78 is 49.4. The van der Waals surface area contributed by atoms with Crippen LogP contribution in [0.2, 0.25) is 0 Å². The number of alkyl halides is 2. The van der Waals surface area contributed by atoms with Gasteiger partial charge in [-0.1, -0.05) is 6.42 Å². The Bertz CT molecular complexity index is 424. The highest BCUT2D eigenvalue weighted by atomic mass is 32.2. The van der Waals surface area contributed by atoms with Crippen LogP contribution in [0.1, 0.15) is 38.5 Å². The normalized spacial score (nSPS) is 31.2. The van der Waals surface area contributed by atoms with E-state index in [9.17, 15) is 22.0 Å². The number of carbonyl (C=O) groups excluding carboxylic acids is 1. The van der Waals surface area contributed by atoms with Gasteiger partial charge in [0.05, 0.1) is 0 Å². The van der Waals surface area contributed by atoms with E-state index >= 15 is 0 Å². The van der Waals surface area contributed by atoms with Crippen LogP contribution in [-0.2, 0) is 14.8 Å². The van der Waals surface area contributed by atoms with Crippen molar-refractivity contribution in [2.45, 2.75) is 50.3 Å². The fourth-order valence-electron chi connectivity index (χ4n) is 3.00. The molecule has 0 N–H and O–H groups in total. The summed E-state index contributed by atoms with van der Waals surface area (Å²) in [4.78, 5) is 11.7. The third-order valence-corrected chi connectivity index (χ3v) is 5.42. The summed E-state index contributed by atoms with van der Waals surface area (Å²) in [5.41, 5.74) is 0. The first kappa shape index (κ1) is 13.9. The maximum Gasteiger partial charge on any atom is 0.350 e. The van der Waals surface area contributed by atoms with Crippen molar-refractivity contribution in [1.29, 1.82) is 0 Å². The molecule has 0 aromatic rings. The molecular weight excluding hydrogens is 264 g/mol. The fourth-order valence-corrected chi connectivity index (χ4v) is 4.22. The fraction of sp³-hybridized carbons (Fsp3) is 0.909. The van der Waals surface area contributed by atoms with E-state index < -0.39 is 21.8 Å². The lowest BCUT2D eigenvalue weighted by Crippen LogP contribution is -2.50. The average molecular weight is 281 g/mol. The second-order valence-electron chi connectivity index (χ2n) is 4.94. The number of halogens is 2. The van der Waals surface area contributed by atoms with Crippen LogP contribution in [0.25, 0.3) is 0 Å². The molecule has 0 aromatic heterocycles. The molecule has 0 amide bonds. The van der Waals surface area contributed by atoms with E-state index in [0.29, 0.717) is 25.7 Å². The number of ketones is 1. The van der Waals surface area contributed by atoms with Crippen molar-refractivity contribution in [2.75, 3.05) is 6.54 Å². The molecule has 2 fully saturated rings. The summed E-state index contributed by atoms with van der Waals surface area (Å²) in [6.07, 6.45) is 3.71. The van der Waals surface area contributed by atoms with E-state index in [0.717, 1.165) is 17.1 Å². The number of hydrogen-bond acceptors (Lipinski definition) is 3. The maximum absolute atomic E-state index is 12.6. The van der Waals surface area contributed by atoms with Gasteiger partial charge in [-0.05, 0) is 25.7 Å². The zero-order chi connectivity index (χ0) is 13.3. The van der Waals surface area contributed by atoms with Gasteiger partial charge < -0.3 is 0 Å². The lowest BCUT2D eigenvalue weighted by molar-refractivity contribution is -0.122. The standard InChI is InChI=1S/C11H17F2NO3S/c12-11(13)18(16,17)14-7-2-1-5-9(14)8-4-3-6-10(8)15/h8-9,11H,1-7H2. The van der Waals surface area contributed by atoms with Gasteiger partial charge in [-0.15, -0.1) is 0 Å². The van der Waals surface area contributed by atoms with Crippen molar-refractivity contribution in [3.63, 3.8) is 0 Å². The Balaban J connectivity index is 2.24. The number of rotatable bonds is 3. The molecule has 0 spiro atoms. The summed E-state index contributed by atoms with van der Waals surface area (Å²) in [5, 5.41) is 0. The molecule has 0 radical (unpaired) electrons. The van der Waals surface area contributed by atoms with Crippen LogP contribution in [-0.4, -0.2) is 36.9 Å². The van der Waals surface area contributed by atoms with Gasteiger partial charge in [0.2, 0.25) is 0 Å². The number of carbonyl (C=O) groups is 1. The lowest BCUT2D eigenvalue weighted by Gasteiger charge is -2.37. The van der Waals surface area contributed by atoms with Crippen LogP contribution in [0.5, 0.6) is 0 Å². The van der Waals surface area contributed by atoms with Gasteiger partial charge in [-0.25, -0.2) is 8.42 Å². The smallest absolute Gasteiger partial charge is 0.299 e. The Hall–Kier alpha value is -0.560. The molecule has 104 valence electrons. The van der Waals surface area contributed by atoms with E-state index in [1.54, 1.807) is 0 Å². The monoisotopic (exact) mass is 281 g/mol. The van der Waals surface area contributed by atoms with Crippen molar-refractivity contribution < 1.29 is 22.0 Å². The van der Waals surface area contributed by atoms with E-state index in [1.165, 1.54) is 0 Å². The Morgan fingerprint density at radius 1 is 1.17 bits per heavy atom. The number of piperidine rings is 1. The minimum absolute atomic E-state index is 0.0244. The first-order valence-electron chi connectivity index (χ1n) is 6.26. The summed E-state index contributed by atoms with van der Waals surface area (Å²) in [6, 6.07) is -0.548. The summed E-state index contributed by atoms with van der Waals surface area (Å²) >= 11 is 0. The van der Waals surface area contributed by atoms with Gasteiger partial charge in [-0.2, -0.15) is 13.1 Å². The predicted molar refractivity (Wildman–Crippen MR) is 61.6 cm³/mol. The third kappa shape index (κ3) is 2.42. The number of sulfonamides is 1. The zero-order valence-corrected chi connectivity index (χ0v) is 10.8. The Kier molecular flexibility index (Phi) is 4.01. The molecule has 4 nitrogen and oxygen atoms in total. The molecule has 2 aliphatic rings. The first-order valence-corrected chi connectivity index (χ1v) is 7.76. The van der Waals surface area contributed by atoms with Crippen LogP contribution >= 0.6 is 0 Å². The van der Waals surface area contributed by atoms with Crippen LogP contribution in [0, 0.1) is 5.92 Å². The van der Waals surface area contributed by atoms with Crippen molar-refractivity contribution in [3.05, 3.63) is 0 Å². The lowest BCUT2D eigenvalue weighted by atomic mass is 9.90. The first-order chi connectivity index (χ1) is 8.44. The molecule has 7 heteroatoms. The van der Waals surface area contributed by atoms with Crippen LogP contribution in [0.3, 0.4) is 0 Å². The van der Waals surface area contributed by atoms with Crippen molar-refractivity contribution >= 4 is 15.8 Å². The van der Waals surface area contributed by atoms with E-state index in [2.05, 4.69) is 0 Å². The van der Waals surface area contributed by atoms with Gasteiger partial charge in [0, 0.05) is 24.9 Å². The second-order valence-corrected chi connectivity index (χ2v) is 6.80. The molecule has 2 rings (SSSR count). The SMILES string of the molecule is O=C1CCCC1C1CCCCN1S(=O)(=O)C(F)F. The molecule has 0 aromatic carbocycles. The Morgan fingerprint density at radius 3 is 2.44 bits per heavy atom. The van der Waals surface area contributed by atoms with E-state index in [1.807, 2.05) is 0 Å². The predicted octanol–water partition coefficient (Wildman–Crippen LogP) is 1.76. The highest BCUT2D eigenvalue weighted by Gasteiger charge is 2.44. The van der Waals surface area contributed by atoms with Gasteiger partial charge in [0.15, 0.2) is 0 Å². The van der Waals surface area contributed by atoms with E-state index in [-0.39, 0.29) is 18.2 Å². The molecule has 1 aliphatic heterocycles. The third-order valence-electron chi connectivity index (χ3n) is 3.87. The molecule has 1 heterocycles. The summed E-state index contributed by atoms with van der Waals surface area (Å²) in [6.45, 7) is 0.112. The largest absolute Gasteiger partial charge is 0.350 e. The van der Waals surface area contributed by atoms with Gasteiger partial charge >= 0.3 is 5.76 Å². The van der Waals surface area contributed by atoms with Crippen molar-refractivity contribution in [1.82, 2.24) is 4.31 Å². The second kappa shape index (κ2) is 5.21. The Morgan fingerprint density at radius 2 is 1.89 bits per heavy atom. The van der Waals surface area contributed by atoms with Crippen molar-refractivity contribution in [3.8, 4) is 0 Å². The maximum atomic E-state index is 12.6. The molecule has 1 aliphatic carbocycles. The molecule has 2 atom stereocenters. The molecule has 0 bridgehead atoms. The number of Topliss-reactive ketones (excluding diaryl/α,β-unsaturated/α-hetero) is 1. The van der Waals surface area contributed by atoms with Gasteiger partial charge in [-0.3, -0.25) is 4.79 Å². The van der Waals surface area contributed by atoms with Crippen LogP contribution in [0.4, 0.5) is 8.78 Å². The van der Waals surface area contributed by atoms with E-state index in [4.69, 9.17) is 0 Å². The molecule has 1 saturated heterocycles. The highest BCUT2D eigenvalue weighted by Crippen LogP contribution is 2.35.